The average molecular weight is 400 g/mol. The smallest absolute Gasteiger partial charge is 0.237 e. The Morgan fingerprint density at radius 1 is 1.26 bits per heavy atom. The van der Waals surface area contributed by atoms with Crippen LogP contribution in [0.4, 0.5) is 0 Å². The number of ether oxygens (including phenoxy) is 1. The number of hydrogen-bond donors (Lipinski definition) is 0. The number of methoxy groups -OCH3 is 1. The van der Waals surface area contributed by atoms with Gasteiger partial charge in [-0.25, -0.2) is 0 Å². The second-order valence-electron chi connectivity index (χ2n) is 5.67. The highest BCUT2D eigenvalue weighted by molar-refractivity contribution is 7.98. The van der Waals surface area contributed by atoms with Gasteiger partial charge in [0.25, 0.3) is 0 Å². The van der Waals surface area contributed by atoms with Crippen LogP contribution in [0.3, 0.4) is 0 Å². The fourth-order valence-electron chi connectivity index (χ4n) is 2.51. The highest BCUT2D eigenvalue weighted by Gasteiger charge is 2.12. The summed E-state index contributed by atoms with van der Waals surface area (Å²) in [7, 11) is 1.63. The average Bonchev–Trinajstić information content (AvgIpc) is 3.46. The standard InChI is InChI=1S/C18H17N5O2S2/c1-24-14-5-2-4-13(10-14)17-20-16(25-22-17)11-27-18-21-19-12-23(18)8-7-15-6-3-9-26-15/h2-6,9-10,12H,7-8,11H2,1H3. The molecule has 0 saturated heterocycles. The third kappa shape index (κ3) is 4.37. The van der Waals surface area contributed by atoms with Crippen molar-refractivity contribution in [2.24, 2.45) is 0 Å². The first-order valence-corrected chi connectivity index (χ1v) is 10.2. The first-order valence-electron chi connectivity index (χ1n) is 8.32. The van der Waals surface area contributed by atoms with E-state index in [2.05, 4.69) is 37.9 Å². The van der Waals surface area contributed by atoms with Crippen LogP contribution in [0, 0.1) is 0 Å². The Balaban J connectivity index is 1.38. The molecule has 27 heavy (non-hydrogen) atoms. The number of rotatable bonds is 8. The van der Waals surface area contributed by atoms with Gasteiger partial charge in [-0.2, -0.15) is 4.98 Å². The van der Waals surface area contributed by atoms with Crippen LogP contribution in [0.15, 0.2) is 57.8 Å². The molecule has 3 aromatic heterocycles. The van der Waals surface area contributed by atoms with E-state index >= 15 is 0 Å². The zero-order chi connectivity index (χ0) is 18.5. The lowest BCUT2D eigenvalue weighted by Crippen LogP contribution is -2.01. The Hall–Kier alpha value is -2.65. The highest BCUT2D eigenvalue weighted by atomic mass is 32.2. The van der Waals surface area contributed by atoms with Gasteiger partial charge < -0.3 is 13.8 Å². The number of thiophene rings is 1. The number of thioether (sulfide) groups is 1. The van der Waals surface area contributed by atoms with Gasteiger partial charge in [0.2, 0.25) is 11.7 Å². The summed E-state index contributed by atoms with van der Waals surface area (Å²) in [5.74, 6) is 2.38. The molecule has 9 heteroatoms. The zero-order valence-electron chi connectivity index (χ0n) is 14.6. The van der Waals surface area contributed by atoms with Crippen LogP contribution in [0.25, 0.3) is 11.4 Å². The summed E-state index contributed by atoms with van der Waals surface area (Å²) in [4.78, 5) is 5.81. The van der Waals surface area contributed by atoms with Gasteiger partial charge in [-0.3, -0.25) is 0 Å². The number of aryl methyl sites for hydroxylation is 2. The first-order chi connectivity index (χ1) is 13.3. The summed E-state index contributed by atoms with van der Waals surface area (Å²) < 4.78 is 12.7. The summed E-state index contributed by atoms with van der Waals surface area (Å²) in [6, 6.07) is 11.8. The van der Waals surface area contributed by atoms with E-state index in [9.17, 15) is 0 Å². The van der Waals surface area contributed by atoms with Gasteiger partial charge in [0.1, 0.15) is 12.1 Å². The summed E-state index contributed by atoms with van der Waals surface area (Å²) in [6.45, 7) is 0.842. The van der Waals surface area contributed by atoms with Crippen LogP contribution in [0.1, 0.15) is 10.8 Å². The molecule has 7 nitrogen and oxygen atoms in total. The van der Waals surface area contributed by atoms with Crippen molar-refractivity contribution >= 4 is 23.1 Å². The lowest BCUT2D eigenvalue weighted by atomic mass is 10.2. The van der Waals surface area contributed by atoms with E-state index in [1.807, 2.05) is 28.8 Å². The Morgan fingerprint density at radius 2 is 2.22 bits per heavy atom. The Bertz CT molecular complexity index is 997. The maximum absolute atomic E-state index is 5.37. The normalized spacial score (nSPS) is 11.0. The number of nitrogens with zero attached hydrogens (tertiary/aromatic N) is 5. The van der Waals surface area contributed by atoms with Crippen molar-refractivity contribution in [2.75, 3.05) is 7.11 Å². The fraction of sp³-hybridized carbons (Fsp3) is 0.222. The molecule has 0 N–H and O–H groups in total. The Morgan fingerprint density at radius 3 is 3.07 bits per heavy atom. The molecule has 0 unspecified atom stereocenters. The van der Waals surface area contributed by atoms with Gasteiger partial charge in [0, 0.05) is 17.0 Å². The highest BCUT2D eigenvalue weighted by Crippen LogP contribution is 2.24. The third-order valence-corrected chi connectivity index (χ3v) is 5.78. The first kappa shape index (κ1) is 17.7. The van der Waals surface area contributed by atoms with Crippen molar-refractivity contribution in [2.45, 2.75) is 23.9 Å². The molecule has 0 aliphatic heterocycles. The topological polar surface area (TPSA) is 78.9 Å². The molecule has 4 rings (SSSR count). The van der Waals surface area contributed by atoms with Crippen LogP contribution in [0.2, 0.25) is 0 Å². The van der Waals surface area contributed by atoms with E-state index in [1.165, 1.54) is 16.6 Å². The van der Waals surface area contributed by atoms with Gasteiger partial charge in [0.05, 0.1) is 12.9 Å². The van der Waals surface area contributed by atoms with Crippen molar-refractivity contribution in [3.05, 3.63) is 58.9 Å². The quantitative estimate of drug-likeness (QED) is 0.415. The van der Waals surface area contributed by atoms with Crippen molar-refractivity contribution in [3.63, 3.8) is 0 Å². The second kappa shape index (κ2) is 8.36. The largest absolute Gasteiger partial charge is 0.497 e. The van der Waals surface area contributed by atoms with E-state index in [0.717, 1.165) is 29.4 Å². The summed E-state index contributed by atoms with van der Waals surface area (Å²) in [5, 5.41) is 15.2. The van der Waals surface area contributed by atoms with E-state index in [-0.39, 0.29) is 0 Å². The maximum atomic E-state index is 5.37. The molecule has 4 aromatic rings. The van der Waals surface area contributed by atoms with Crippen molar-refractivity contribution in [3.8, 4) is 17.1 Å². The number of aromatic nitrogens is 5. The predicted molar refractivity (Wildman–Crippen MR) is 104 cm³/mol. The molecule has 0 spiro atoms. The Labute approximate surface area is 164 Å². The van der Waals surface area contributed by atoms with Crippen molar-refractivity contribution in [1.29, 1.82) is 0 Å². The van der Waals surface area contributed by atoms with E-state index in [0.29, 0.717) is 17.5 Å². The molecule has 0 aliphatic rings. The van der Waals surface area contributed by atoms with Gasteiger partial charge in [-0.1, -0.05) is 35.1 Å². The van der Waals surface area contributed by atoms with Gasteiger partial charge in [-0.15, -0.1) is 21.5 Å². The lowest BCUT2D eigenvalue weighted by molar-refractivity contribution is 0.391. The maximum Gasteiger partial charge on any atom is 0.237 e. The summed E-state index contributed by atoms with van der Waals surface area (Å²) in [6.07, 6.45) is 2.72. The van der Waals surface area contributed by atoms with Crippen molar-refractivity contribution in [1.82, 2.24) is 24.9 Å². The van der Waals surface area contributed by atoms with Crippen LogP contribution in [0.5, 0.6) is 5.75 Å². The molecule has 1 aromatic carbocycles. The van der Waals surface area contributed by atoms with Gasteiger partial charge >= 0.3 is 0 Å². The molecule has 3 heterocycles. The molecular weight excluding hydrogens is 382 g/mol. The van der Waals surface area contributed by atoms with Crippen LogP contribution < -0.4 is 4.74 Å². The molecule has 138 valence electrons. The minimum atomic E-state index is 0.536. The predicted octanol–water partition coefficient (Wildman–Crippen LogP) is 3.93. The molecule has 0 aliphatic carbocycles. The van der Waals surface area contributed by atoms with Crippen LogP contribution in [-0.4, -0.2) is 32.0 Å². The summed E-state index contributed by atoms with van der Waals surface area (Å²) >= 11 is 3.29. The zero-order valence-corrected chi connectivity index (χ0v) is 16.2. The third-order valence-electron chi connectivity index (χ3n) is 3.88. The number of benzene rings is 1. The fourth-order valence-corrected chi connectivity index (χ4v) is 3.99. The molecule has 0 atom stereocenters. The summed E-state index contributed by atoms with van der Waals surface area (Å²) in [5.41, 5.74) is 0.855. The molecular formula is C18H17N5O2S2. The molecule has 0 radical (unpaired) electrons. The second-order valence-corrected chi connectivity index (χ2v) is 7.64. The molecule has 0 saturated carbocycles. The lowest BCUT2D eigenvalue weighted by Gasteiger charge is -2.03. The van der Waals surface area contributed by atoms with Crippen LogP contribution >= 0.6 is 23.1 Å². The SMILES string of the molecule is COc1cccc(-c2noc(CSc3nncn3CCc3cccs3)n2)c1. The molecule has 0 amide bonds. The monoisotopic (exact) mass is 399 g/mol. The molecule has 0 bridgehead atoms. The number of hydrogen-bond acceptors (Lipinski definition) is 8. The van der Waals surface area contributed by atoms with Crippen molar-refractivity contribution < 1.29 is 9.26 Å². The van der Waals surface area contributed by atoms with Gasteiger partial charge in [-0.05, 0) is 30.0 Å². The van der Waals surface area contributed by atoms with Crippen LogP contribution in [-0.2, 0) is 18.7 Å². The Kier molecular flexibility index (Phi) is 5.50. The molecule has 0 fully saturated rings. The van der Waals surface area contributed by atoms with E-state index in [1.54, 1.807) is 24.8 Å². The van der Waals surface area contributed by atoms with Gasteiger partial charge in [0.15, 0.2) is 5.16 Å². The van der Waals surface area contributed by atoms with E-state index < -0.39 is 0 Å². The minimum absolute atomic E-state index is 0.536. The van der Waals surface area contributed by atoms with E-state index in [4.69, 9.17) is 9.26 Å². The minimum Gasteiger partial charge on any atom is -0.497 e.